The molecule has 8 heteroatoms. The molecule has 1 aliphatic rings. The van der Waals surface area contributed by atoms with Crippen LogP contribution < -0.4 is 5.73 Å². The van der Waals surface area contributed by atoms with Gasteiger partial charge in [0.05, 0.1) is 17.3 Å². The molecular weight excluding hydrogens is 328 g/mol. The van der Waals surface area contributed by atoms with Crippen molar-refractivity contribution in [2.75, 3.05) is 14.1 Å². The zero-order valence-electron chi connectivity index (χ0n) is 14.7. The summed E-state index contributed by atoms with van der Waals surface area (Å²) >= 11 is 0. The average molecular weight is 348 g/mol. The molecule has 0 unspecified atom stereocenters. The molecule has 8 nitrogen and oxygen atoms in total. The first-order valence-electron chi connectivity index (χ1n) is 8.63. The summed E-state index contributed by atoms with van der Waals surface area (Å²) in [6.45, 7) is 0. The van der Waals surface area contributed by atoms with E-state index in [1.807, 2.05) is 46.0 Å². The molecule has 0 bridgehead atoms. The lowest BCUT2D eigenvalue weighted by atomic mass is 9.72. The Kier molecular flexibility index (Phi) is 3.16. The number of imidazole rings is 1. The second kappa shape index (κ2) is 5.33. The van der Waals surface area contributed by atoms with Gasteiger partial charge >= 0.3 is 0 Å². The van der Waals surface area contributed by atoms with Crippen molar-refractivity contribution in [3.63, 3.8) is 0 Å². The molecule has 4 aromatic heterocycles. The van der Waals surface area contributed by atoms with E-state index in [0.29, 0.717) is 17.6 Å². The van der Waals surface area contributed by atoms with E-state index in [-0.39, 0.29) is 0 Å². The fourth-order valence-electron chi connectivity index (χ4n) is 3.66. The van der Waals surface area contributed by atoms with Crippen molar-refractivity contribution < 1.29 is 0 Å². The smallest absolute Gasteiger partial charge is 0.233 e. The van der Waals surface area contributed by atoms with Crippen molar-refractivity contribution in [3.8, 4) is 11.1 Å². The Labute approximate surface area is 150 Å². The van der Waals surface area contributed by atoms with E-state index in [2.05, 4.69) is 39.0 Å². The Morgan fingerprint density at radius 1 is 1.15 bits per heavy atom. The summed E-state index contributed by atoms with van der Waals surface area (Å²) in [5.41, 5.74) is 9.05. The molecule has 0 spiro atoms. The number of hydrogen-bond acceptors (Lipinski definition) is 6. The maximum absolute atomic E-state index is 6.53. The summed E-state index contributed by atoms with van der Waals surface area (Å²) in [6.07, 6.45) is 13.0. The largest absolute Gasteiger partial charge is 0.319 e. The molecule has 2 N–H and O–H groups in total. The Balaban J connectivity index is 1.52. The summed E-state index contributed by atoms with van der Waals surface area (Å²) in [7, 11) is 4.16. The minimum absolute atomic E-state index is 0.440. The second-order valence-corrected chi connectivity index (χ2v) is 7.30. The van der Waals surface area contributed by atoms with E-state index in [4.69, 9.17) is 5.73 Å². The Morgan fingerprint density at radius 3 is 2.81 bits per heavy atom. The number of fused-ring (bicyclic) bond motifs is 2. The highest BCUT2D eigenvalue weighted by Crippen LogP contribution is 2.39. The first kappa shape index (κ1) is 15.4. The maximum atomic E-state index is 6.53. The monoisotopic (exact) mass is 348 g/mol. The van der Waals surface area contributed by atoms with Gasteiger partial charge in [0.15, 0.2) is 5.82 Å². The molecule has 132 valence electrons. The van der Waals surface area contributed by atoms with Gasteiger partial charge in [-0.3, -0.25) is 4.40 Å². The van der Waals surface area contributed by atoms with E-state index in [1.54, 1.807) is 6.20 Å². The van der Waals surface area contributed by atoms with E-state index in [1.165, 1.54) is 0 Å². The molecule has 1 fully saturated rings. The highest BCUT2D eigenvalue weighted by molar-refractivity contribution is 5.79. The van der Waals surface area contributed by atoms with Gasteiger partial charge in [0.1, 0.15) is 0 Å². The molecule has 26 heavy (non-hydrogen) atoms. The Hall–Kier alpha value is -2.84. The quantitative estimate of drug-likeness (QED) is 0.600. The lowest BCUT2D eigenvalue weighted by Gasteiger charge is -2.46. The lowest BCUT2D eigenvalue weighted by Crippen LogP contribution is -2.57. The van der Waals surface area contributed by atoms with Crippen LogP contribution >= 0.6 is 0 Å². The molecule has 0 amide bonds. The minimum atomic E-state index is -0.440. The van der Waals surface area contributed by atoms with Crippen LogP contribution in [0.15, 0.2) is 43.2 Å². The molecule has 1 aliphatic carbocycles. The predicted octanol–water partition coefficient (Wildman–Crippen LogP) is 1.32. The van der Waals surface area contributed by atoms with E-state index >= 15 is 0 Å². The summed E-state index contributed by atoms with van der Waals surface area (Å²) in [6, 6.07) is 2.52. The number of rotatable bonds is 3. The maximum Gasteiger partial charge on any atom is 0.233 e. The van der Waals surface area contributed by atoms with Crippen molar-refractivity contribution in [2.24, 2.45) is 5.73 Å². The van der Waals surface area contributed by atoms with Crippen LogP contribution in [0, 0.1) is 0 Å². The number of aromatic nitrogens is 6. The summed E-state index contributed by atoms with van der Waals surface area (Å²) in [5.74, 6) is 1.38. The van der Waals surface area contributed by atoms with Gasteiger partial charge in [0, 0.05) is 48.2 Å². The lowest BCUT2D eigenvalue weighted by molar-refractivity contribution is 0.0865. The van der Waals surface area contributed by atoms with Gasteiger partial charge in [-0.05, 0) is 33.0 Å². The first-order valence-corrected chi connectivity index (χ1v) is 8.63. The number of nitrogens with zero attached hydrogens (tertiary/aromatic N) is 7. The predicted molar refractivity (Wildman–Crippen MR) is 97.5 cm³/mol. The van der Waals surface area contributed by atoms with Crippen LogP contribution in [0.4, 0.5) is 0 Å². The van der Waals surface area contributed by atoms with Gasteiger partial charge in [0.25, 0.3) is 0 Å². The SMILES string of the molecule is CN(C)C1CC(N)(c2ncc3c(-c4cnc5nccn5c4)ccn3n2)C1. The van der Waals surface area contributed by atoms with Crippen LogP contribution in [-0.4, -0.2) is 54.0 Å². The van der Waals surface area contributed by atoms with Crippen LogP contribution in [-0.2, 0) is 5.54 Å². The normalized spacial score (nSPS) is 23.0. The zero-order valence-corrected chi connectivity index (χ0v) is 14.7. The second-order valence-electron chi connectivity index (χ2n) is 7.30. The first-order chi connectivity index (χ1) is 12.5. The zero-order chi connectivity index (χ0) is 17.9. The van der Waals surface area contributed by atoms with Gasteiger partial charge in [-0.2, -0.15) is 5.10 Å². The van der Waals surface area contributed by atoms with E-state index in [0.717, 1.165) is 29.5 Å². The molecule has 4 heterocycles. The fraction of sp³-hybridized carbons (Fsp3) is 0.333. The van der Waals surface area contributed by atoms with Crippen LogP contribution in [0.25, 0.3) is 22.4 Å². The third-order valence-corrected chi connectivity index (χ3v) is 5.35. The van der Waals surface area contributed by atoms with E-state index in [9.17, 15) is 0 Å². The average Bonchev–Trinajstić information content (AvgIpc) is 3.23. The van der Waals surface area contributed by atoms with Crippen molar-refractivity contribution in [1.29, 1.82) is 0 Å². The summed E-state index contributed by atoms with van der Waals surface area (Å²) < 4.78 is 3.76. The minimum Gasteiger partial charge on any atom is -0.319 e. The van der Waals surface area contributed by atoms with Crippen molar-refractivity contribution in [3.05, 3.63) is 49.1 Å². The van der Waals surface area contributed by atoms with Gasteiger partial charge in [-0.1, -0.05) is 0 Å². The standard InChI is InChI=1S/C18H20N8/c1-24(2)13-7-18(19,8-13)16-21-10-15-14(3-5-26(15)23-16)12-9-22-17-20-4-6-25(17)11-12/h3-6,9-11,13H,7-8,19H2,1-2H3. The highest BCUT2D eigenvalue weighted by Gasteiger charge is 2.45. The summed E-state index contributed by atoms with van der Waals surface area (Å²) in [5, 5.41) is 4.68. The van der Waals surface area contributed by atoms with Crippen molar-refractivity contribution in [2.45, 2.75) is 24.4 Å². The molecule has 0 aliphatic heterocycles. The van der Waals surface area contributed by atoms with Crippen LogP contribution in [0.2, 0.25) is 0 Å². The molecule has 0 saturated heterocycles. The molecular formula is C18H20N8. The van der Waals surface area contributed by atoms with E-state index < -0.39 is 5.54 Å². The Morgan fingerprint density at radius 2 is 2.00 bits per heavy atom. The molecule has 0 aromatic carbocycles. The molecule has 4 aromatic rings. The van der Waals surface area contributed by atoms with Crippen LogP contribution in [0.1, 0.15) is 18.7 Å². The van der Waals surface area contributed by atoms with Gasteiger partial charge < -0.3 is 10.6 Å². The van der Waals surface area contributed by atoms with Gasteiger partial charge in [-0.15, -0.1) is 0 Å². The molecule has 0 atom stereocenters. The Bertz CT molecular complexity index is 1100. The molecule has 5 rings (SSSR count). The third kappa shape index (κ3) is 2.23. The fourth-order valence-corrected chi connectivity index (χ4v) is 3.66. The molecule has 1 saturated carbocycles. The topological polar surface area (TPSA) is 89.6 Å². The number of hydrogen-bond donors (Lipinski definition) is 1. The molecule has 0 radical (unpaired) electrons. The third-order valence-electron chi connectivity index (χ3n) is 5.35. The van der Waals surface area contributed by atoms with Crippen molar-refractivity contribution in [1.82, 2.24) is 33.9 Å². The van der Waals surface area contributed by atoms with Gasteiger partial charge in [0.2, 0.25) is 5.78 Å². The summed E-state index contributed by atoms with van der Waals surface area (Å²) in [4.78, 5) is 15.4. The van der Waals surface area contributed by atoms with Gasteiger partial charge in [-0.25, -0.2) is 19.5 Å². The number of nitrogens with two attached hydrogens (primary N) is 1. The highest BCUT2D eigenvalue weighted by atomic mass is 15.3. The van der Waals surface area contributed by atoms with Crippen LogP contribution in [0.3, 0.4) is 0 Å². The van der Waals surface area contributed by atoms with Crippen LogP contribution in [0.5, 0.6) is 0 Å². The van der Waals surface area contributed by atoms with Crippen molar-refractivity contribution >= 4 is 11.3 Å².